The zero-order valence-corrected chi connectivity index (χ0v) is 17.2. The molecule has 1 amide bonds. The van der Waals surface area contributed by atoms with E-state index in [2.05, 4.69) is 5.32 Å². The highest BCUT2D eigenvalue weighted by atomic mass is 16.6. The van der Waals surface area contributed by atoms with E-state index in [1.54, 1.807) is 24.3 Å². The molecule has 0 fully saturated rings. The molecule has 0 saturated heterocycles. The molecule has 3 rings (SSSR count). The highest BCUT2D eigenvalue weighted by molar-refractivity contribution is 6.09. The van der Waals surface area contributed by atoms with Crippen LogP contribution in [-0.4, -0.2) is 22.0 Å². The summed E-state index contributed by atoms with van der Waals surface area (Å²) in [4.78, 5) is 22.9. The van der Waals surface area contributed by atoms with Gasteiger partial charge in [0.25, 0.3) is 11.6 Å². The summed E-state index contributed by atoms with van der Waals surface area (Å²) in [6.07, 6.45) is 1.20. The Morgan fingerprint density at radius 1 is 1.25 bits per heavy atom. The van der Waals surface area contributed by atoms with E-state index in [0.717, 1.165) is 0 Å². The number of non-ortho nitro benzene ring substituents is 1. The maximum absolute atomic E-state index is 12.5. The lowest BCUT2D eigenvalue weighted by Crippen LogP contribution is -2.13. The molecule has 162 valence electrons. The fourth-order valence-corrected chi connectivity index (χ4v) is 2.82. The second-order valence-electron chi connectivity index (χ2n) is 6.98. The van der Waals surface area contributed by atoms with E-state index in [0.29, 0.717) is 11.4 Å². The number of aromatic hydroxyl groups is 1. The van der Waals surface area contributed by atoms with Crippen LogP contribution < -0.4 is 10.1 Å². The molecule has 9 nitrogen and oxygen atoms in total. The molecule has 0 aliphatic rings. The summed E-state index contributed by atoms with van der Waals surface area (Å²) in [6.45, 7) is 3.76. The Morgan fingerprint density at radius 3 is 2.72 bits per heavy atom. The summed E-state index contributed by atoms with van der Waals surface area (Å²) < 4.78 is 11.2. The summed E-state index contributed by atoms with van der Waals surface area (Å²) in [5, 5.41) is 33.0. The standard InChI is InChI=1S/C23H19N3O6/c1-14(2)31-18-5-3-4-16(11-18)25-23(28)15(13-24)10-19-7-9-22(32-19)20-12-17(26(29)30)6-8-21(20)27/h3-12,14,27H,1-2H3,(H,25,28)/b15-10-. The average Bonchev–Trinajstić information content (AvgIpc) is 3.20. The molecule has 2 N–H and O–H groups in total. The molecule has 9 heteroatoms. The van der Waals surface area contributed by atoms with Crippen LogP contribution in [0.15, 0.2) is 64.6 Å². The van der Waals surface area contributed by atoms with Gasteiger partial charge in [-0.15, -0.1) is 0 Å². The van der Waals surface area contributed by atoms with E-state index in [1.807, 2.05) is 19.9 Å². The number of anilines is 1. The van der Waals surface area contributed by atoms with Crippen LogP contribution in [0.1, 0.15) is 19.6 Å². The monoisotopic (exact) mass is 433 g/mol. The number of nitro groups is 1. The molecular weight excluding hydrogens is 414 g/mol. The molecule has 2 aromatic carbocycles. The lowest BCUT2D eigenvalue weighted by atomic mass is 10.1. The number of nitrogens with one attached hydrogen (secondary N) is 1. The number of benzene rings is 2. The molecule has 0 unspecified atom stereocenters. The van der Waals surface area contributed by atoms with Gasteiger partial charge in [-0.25, -0.2) is 0 Å². The second kappa shape index (κ2) is 9.49. The Labute approximate surface area is 183 Å². The smallest absolute Gasteiger partial charge is 0.270 e. The molecule has 0 aliphatic heterocycles. The summed E-state index contributed by atoms with van der Waals surface area (Å²) >= 11 is 0. The Bertz CT molecular complexity index is 1240. The molecule has 0 radical (unpaired) electrons. The third-order valence-electron chi connectivity index (χ3n) is 4.20. The molecule has 0 atom stereocenters. The van der Waals surface area contributed by atoms with Gasteiger partial charge in [0, 0.05) is 30.0 Å². The van der Waals surface area contributed by atoms with Crippen LogP contribution in [0.25, 0.3) is 17.4 Å². The van der Waals surface area contributed by atoms with Crippen molar-refractivity contribution in [2.45, 2.75) is 20.0 Å². The van der Waals surface area contributed by atoms with Crippen molar-refractivity contribution in [3.63, 3.8) is 0 Å². The minimum absolute atomic E-state index is 0.0332. The minimum Gasteiger partial charge on any atom is -0.507 e. The molecule has 0 bridgehead atoms. The van der Waals surface area contributed by atoms with E-state index < -0.39 is 10.8 Å². The van der Waals surface area contributed by atoms with Gasteiger partial charge in [-0.05, 0) is 44.2 Å². The fourth-order valence-electron chi connectivity index (χ4n) is 2.82. The number of rotatable bonds is 7. The number of furan rings is 1. The quantitative estimate of drug-likeness (QED) is 0.234. The van der Waals surface area contributed by atoms with E-state index in [-0.39, 0.29) is 40.2 Å². The summed E-state index contributed by atoms with van der Waals surface area (Å²) in [6, 6.07) is 15.1. The molecule has 1 aromatic heterocycles. The van der Waals surface area contributed by atoms with Gasteiger partial charge < -0.3 is 19.6 Å². The topological polar surface area (TPSA) is 139 Å². The second-order valence-corrected chi connectivity index (χ2v) is 6.98. The van der Waals surface area contributed by atoms with Crippen molar-refractivity contribution in [2.24, 2.45) is 0 Å². The van der Waals surface area contributed by atoms with Crippen molar-refractivity contribution in [1.82, 2.24) is 0 Å². The average molecular weight is 433 g/mol. The number of nitrogens with zero attached hydrogens (tertiary/aromatic N) is 2. The third-order valence-corrected chi connectivity index (χ3v) is 4.20. The molecule has 1 heterocycles. The number of hydrogen-bond acceptors (Lipinski definition) is 7. The highest BCUT2D eigenvalue weighted by Gasteiger charge is 2.16. The first-order valence-electron chi connectivity index (χ1n) is 9.54. The Morgan fingerprint density at radius 2 is 2.03 bits per heavy atom. The van der Waals surface area contributed by atoms with Crippen LogP contribution in [0.2, 0.25) is 0 Å². The number of phenolic OH excluding ortho intramolecular Hbond substituents is 1. The van der Waals surface area contributed by atoms with Crippen molar-refractivity contribution >= 4 is 23.4 Å². The molecule has 3 aromatic rings. The predicted molar refractivity (Wildman–Crippen MR) is 117 cm³/mol. The van der Waals surface area contributed by atoms with E-state index >= 15 is 0 Å². The number of carbonyl (C=O) groups excluding carboxylic acids is 1. The maximum Gasteiger partial charge on any atom is 0.270 e. The maximum atomic E-state index is 12.5. The fraction of sp³-hybridized carbons (Fsp3) is 0.130. The number of nitriles is 1. The summed E-state index contributed by atoms with van der Waals surface area (Å²) in [5.74, 6) is 0.0310. The molecule has 0 aliphatic carbocycles. The third kappa shape index (κ3) is 5.31. The Hall–Kier alpha value is -4.58. The van der Waals surface area contributed by atoms with Crippen molar-refractivity contribution in [3.8, 4) is 28.9 Å². The van der Waals surface area contributed by atoms with Gasteiger partial charge in [0.15, 0.2) is 0 Å². The van der Waals surface area contributed by atoms with Crippen molar-refractivity contribution < 1.29 is 24.0 Å². The minimum atomic E-state index is -0.648. The van der Waals surface area contributed by atoms with Gasteiger partial charge in [-0.3, -0.25) is 14.9 Å². The van der Waals surface area contributed by atoms with Crippen LogP contribution in [0.5, 0.6) is 11.5 Å². The normalized spacial score (nSPS) is 11.1. The van der Waals surface area contributed by atoms with Crippen LogP contribution >= 0.6 is 0 Å². The molecule has 0 spiro atoms. The van der Waals surface area contributed by atoms with Gasteiger partial charge in [-0.1, -0.05) is 6.07 Å². The number of nitro benzene ring substituents is 1. The van der Waals surface area contributed by atoms with Gasteiger partial charge in [0.05, 0.1) is 16.6 Å². The van der Waals surface area contributed by atoms with Gasteiger partial charge >= 0.3 is 0 Å². The first-order valence-corrected chi connectivity index (χ1v) is 9.54. The lowest BCUT2D eigenvalue weighted by molar-refractivity contribution is -0.384. The molecule has 32 heavy (non-hydrogen) atoms. The zero-order valence-electron chi connectivity index (χ0n) is 17.2. The lowest BCUT2D eigenvalue weighted by Gasteiger charge is -2.11. The molecular formula is C23H19N3O6. The Kier molecular flexibility index (Phi) is 6.56. The van der Waals surface area contributed by atoms with Crippen LogP contribution in [0.3, 0.4) is 0 Å². The highest BCUT2D eigenvalue weighted by Crippen LogP contribution is 2.34. The van der Waals surface area contributed by atoms with Crippen molar-refractivity contribution in [1.29, 1.82) is 5.26 Å². The number of hydrogen-bond donors (Lipinski definition) is 2. The summed E-state index contributed by atoms with van der Waals surface area (Å²) in [5.41, 5.74) is 0.135. The van der Waals surface area contributed by atoms with Crippen LogP contribution in [-0.2, 0) is 4.79 Å². The first-order chi connectivity index (χ1) is 15.3. The van der Waals surface area contributed by atoms with Gasteiger partial charge in [0.2, 0.25) is 0 Å². The van der Waals surface area contributed by atoms with Crippen LogP contribution in [0.4, 0.5) is 11.4 Å². The van der Waals surface area contributed by atoms with E-state index in [4.69, 9.17) is 9.15 Å². The zero-order chi connectivity index (χ0) is 23.3. The van der Waals surface area contributed by atoms with Gasteiger partial charge in [-0.2, -0.15) is 5.26 Å². The van der Waals surface area contributed by atoms with Crippen LogP contribution in [0, 0.1) is 21.4 Å². The number of phenols is 1. The van der Waals surface area contributed by atoms with Gasteiger partial charge in [0.1, 0.15) is 34.7 Å². The Balaban J connectivity index is 1.81. The largest absolute Gasteiger partial charge is 0.507 e. The summed E-state index contributed by atoms with van der Waals surface area (Å²) in [7, 11) is 0. The van der Waals surface area contributed by atoms with E-state index in [9.17, 15) is 25.3 Å². The van der Waals surface area contributed by atoms with Crippen molar-refractivity contribution in [2.75, 3.05) is 5.32 Å². The van der Waals surface area contributed by atoms with Crippen molar-refractivity contribution in [3.05, 3.63) is 76.0 Å². The number of carbonyl (C=O) groups is 1. The first kappa shape index (κ1) is 22.1. The molecule has 0 saturated carbocycles. The predicted octanol–water partition coefficient (Wildman–Crippen LogP) is 4.89. The number of amides is 1. The number of ether oxygens (including phenoxy) is 1. The van der Waals surface area contributed by atoms with E-state index in [1.165, 1.54) is 36.4 Å². The SMILES string of the molecule is CC(C)Oc1cccc(NC(=O)/C(C#N)=C\c2ccc(-c3cc([N+](=O)[O-])ccc3O)o2)c1.